The van der Waals surface area contributed by atoms with Crippen molar-refractivity contribution in [2.75, 3.05) is 18.4 Å². The number of rotatable bonds is 4. The van der Waals surface area contributed by atoms with Crippen molar-refractivity contribution in [3.63, 3.8) is 0 Å². The molecule has 0 radical (unpaired) electrons. The van der Waals surface area contributed by atoms with Gasteiger partial charge in [0, 0.05) is 18.8 Å². The van der Waals surface area contributed by atoms with Gasteiger partial charge in [-0.3, -0.25) is 4.79 Å². The van der Waals surface area contributed by atoms with Crippen molar-refractivity contribution in [2.24, 2.45) is 5.92 Å². The van der Waals surface area contributed by atoms with Crippen LogP contribution in [0.15, 0.2) is 54.6 Å². The van der Waals surface area contributed by atoms with Gasteiger partial charge >= 0.3 is 6.09 Å². The molecule has 6 heteroatoms. The second-order valence-corrected chi connectivity index (χ2v) is 8.19. The predicted molar refractivity (Wildman–Crippen MR) is 112 cm³/mol. The Morgan fingerprint density at radius 1 is 1.00 bits per heavy atom. The van der Waals surface area contributed by atoms with Gasteiger partial charge in [0.15, 0.2) is 0 Å². The molecule has 0 bridgehead atoms. The molecule has 0 aliphatic carbocycles. The Labute approximate surface area is 171 Å². The molecule has 2 aromatic rings. The minimum atomic E-state index is -0.546. The van der Waals surface area contributed by atoms with Crippen LogP contribution in [0, 0.1) is 5.92 Å². The van der Waals surface area contributed by atoms with E-state index in [1.165, 1.54) is 0 Å². The van der Waals surface area contributed by atoms with Crippen LogP contribution in [-0.4, -0.2) is 35.6 Å². The lowest BCUT2D eigenvalue weighted by molar-refractivity contribution is -0.121. The lowest BCUT2D eigenvalue weighted by Gasteiger charge is -2.33. The van der Waals surface area contributed by atoms with Gasteiger partial charge in [-0.05, 0) is 70.0 Å². The summed E-state index contributed by atoms with van der Waals surface area (Å²) in [5.41, 5.74) is 0.153. The van der Waals surface area contributed by atoms with Gasteiger partial charge in [0.05, 0.1) is 5.92 Å². The number of nitrogens with one attached hydrogen (secondary N) is 1. The lowest BCUT2D eigenvalue weighted by Crippen LogP contribution is -2.45. The highest BCUT2D eigenvalue weighted by Gasteiger charge is 2.31. The molecule has 1 aliphatic rings. The normalized spacial score (nSPS) is 16.8. The number of anilines is 1. The maximum absolute atomic E-state index is 12.7. The molecule has 0 spiro atoms. The van der Waals surface area contributed by atoms with E-state index >= 15 is 0 Å². The SMILES string of the molecule is CC(C)(C)OC(=O)N1CCCC(C(=O)Nc2ccc(Oc3ccccc3)cc2)C1. The summed E-state index contributed by atoms with van der Waals surface area (Å²) in [6, 6.07) is 16.8. The summed E-state index contributed by atoms with van der Waals surface area (Å²) < 4.78 is 11.2. The maximum atomic E-state index is 12.7. The number of likely N-dealkylation sites (tertiary alicyclic amines) is 1. The molecule has 3 rings (SSSR count). The van der Waals surface area contributed by atoms with Crippen molar-refractivity contribution in [1.82, 2.24) is 4.90 Å². The predicted octanol–water partition coefficient (Wildman–Crippen LogP) is 5.06. The van der Waals surface area contributed by atoms with Crippen molar-refractivity contribution >= 4 is 17.7 Å². The summed E-state index contributed by atoms with van der Waals surface area (Å²) in [4.78, 5) is 26.6. The second-order valence-electron chi connectivity index (χ2n) is 8.19. The van der Waals surface area contributed by atoms with Crippen LogP contribution in [0.2, 0.25) is 0 Å². The van der Waals surface area contributed by atoms with Crippen molar-refractivity contribution in [3.8, 4) is 11.5 Å². The Morgan fingerprint density at radius 2 is 1.66 bits per heavy atom. The zero-order valence-corrected chi connectivity index (χ0v) is 17.2. The van der Waals surface area contributed by atoms with Crippen LogP contribution in [0.25, 0.3) is 0 Å². The Bertz CT molecular complexity index is 828. The van der Waals surface area contributed by atoms with Crippen LogP contribution in [0.5, 0.6) is 11.5 Å². The molecule has 1 saturated heterocycles. The molecule has 1 heterocycles. The van der Waals surface area contributed by atoms with Crippen molar-refractivity contribution in [3.05, 3.63) is 54.6 Å². The largest absolute Gasteiger partial charge is 0.457 e. The van der Waals surface area contributed by atoms with Gasteiger partial charge < -0.3 is 19.7 Å². The summed E-state index contributed by atoms with van der Waals surface area (Å²) in [5.74, 6) is 1.11. The zero-order chi connectivity index (χ0) is 20.9. The van der Waals surface area contributed by atoms with Crippen LogP contribution in [0.4, 0.5) is 10.5 Å². The van der Waals surface area contributed by atoms with Crippen LogP contribution in [0.3, 0.4) is 0 Å². The molecule has 6 nitrogen and oxygen atoms in total. The van der Waals surface area contributed by atoms with Crippen LogP contribution in [-0.2, 0) is 9.53 Å². The van der Waals surface area contributed by atoms with E-state index in [-0.39, 0.29) is 17.9 Å². The number of carbonyl (C=O) groups is 2. The molecule has 29 heavy (non-hydrogen) atoms. The molecule has 1 atom stereocenters. The number of hydrogen-bond acceptors (Lipinski definition) is 4. The van der Waals surface area contributed by atoms with Gasteiger partial charge in [0.1, 0.15) is 17.1 Å². The maximum Gasteiger partial charge on any atom is 0.410 e. The third-order valence-corrected chi connectivity index (χ3v) is 4.54. The van der Waals surface area contributed by atoms with Crippen molar-refractivity contribution < 1.29 is 19.1 Å². The number of para-hydroxylation sites is 1. The van der Waals surface area contributed by atoms with Gasteiger partial charge in [0.2, 0.25) is 5.91 Å². The fourth-order valence-corrected chi connectivity index (χ4v) is 3.16. The Kier molecular flexibility index (Phi) is 6.42. The molecule has 154 valence electrons. The van der Waals surface area contributed by atoms with Gasteiger partial charge in [-0.25, -0.2) is 4.79 Å². The highest BCUT2D eigenvalue weighted by molar-refractivity contribution is 5.93. The molecule has 1 fully saturated rings. The summed E-state index contributed by atoms with van der Waals surface area (Å²) >= 11 is 0. The second kappa shape index (κ2) is 8.99. The van der Waals surface area contributed by atoms with Crippen LogP contribution in [0.1, 0.15) is 33.6 Å². The first-order chi connectivity index (χ1) is 13.8. The number of hydrogen-bond donors (Lipinski definition) is 1. The van der Waals surface area contributed by atoms with E-state index in [9.17, 15) is 9.59 Å². The summed E-state index contributed by atoms with van der Waals surface area (Å²) in [6.45, 7) is 6.50. The third kappa shape index (κ3) is 6.24. The first kappa shape index (κ1) is 20.7. The van der Waals surface area contributed by atoms with E-state index in [1.54, 1.807) is 4.90 Å². The minimum Gasteiger partial charge on any atom is -0.457 e. The highest BCUT2D eigenvalue weighted by atomic mass is 16.6. The average Bonchev–Trinajstić information content (AvgIpc) is 2.69. The summed E-state index contributed by atoms with van der Waals surface area (Å²) in [5, 5.41) is 2.94. The van der Waals surface area contributed by atoms with E-state index in [1.807, 2.05) is 75.4 Å². The van der Waals surface area contributed by atoms with Gasteiger partial charge in [-0.2, -0.15) is 0 Å². The molecule has 2 aromatic carbocycles. The minimum absolute atomic E-state index is 0.0880. The smallest absolute Gasteiger partial charge is 0.410 e. The van der Waals surface area contributed by atoms with E-state index in [4.69, 9.17) is 9.47 Å². The Hall–Kier alpha value is -3.02. The van der Waals surface area contributed by atoms with Crippen molar-refractivity contribution in [2.45, 2.75) is 39.2 Å². The number of nitrogens with zero attached hydrogens (tertiary/aromatic N) is 1. The monoisotopic (exact) mass is 396 g/mol. The first-order valence-electron chi connectivity index (χ1n) is 9.92. The van der Waals surface area contributed by atoms with Gasteiger partial charge in [-0.1, -0.05) is 18.2 Å². The molecular weight excluding hydrogens is 368 g/mol. The molecule has 1 aliphatic heterocycles. The number of ether oxygens (including phenoxy) is 2. The van der Waals surface area contributed by atoms with Crippen LogP contribution >= 0.6 is 0 Å². The highest BCUT2D eigenvalue weighted by Crippen LogP contribution is 2.24. The molecule has 0 aromatic heterocycles. The Balaban J connectivity index is 1.54. The van der Waals surface area contributed by atoms with E-state index in [0.29, 0.717) is 24.5 Å². The number of amides is 2. The van der Waals surface area contributed by atoms with Crippen LogP contribution < -0.4 is 10.1 Å². The molecule has 1 N–H and O–H groups in total. The fraction of sp³-hybridized carbons (Fsp3) is 0.391. The number of carbonyl (C=O) groups excluding carboxylic acids is 2. The fourth-order valence-electron chi connectivity index (χ4n) is 3.16. The Morgan fingerprint density at radius 3 is 2.31 bits per heavy atom. The molecular formula is C23H28N2O4. The molecule has 2 amide bonds. The lowest BCUT2D eigenvalue weighted by atomic mass is 9.97. The number of piperidine rings is 1. The molecule has 1 unspecified atom stereocenters. The van der Waals surface area contributed by atoms with E-state index < -0.39 is 5.60 Å². The van der Waals surface area contributed by atoms with Gasteiger partial charge in [-0.15, -0.1) is 0 Å². The van der Waals surface area contributed by atoms with Gasteiger partial charge in [0.25, 0.3) is 0 Å². The van der Waals surface area contributed by atoms with E-state index in [0.717, 1.165) is 18.6 Å². The summed E-state index contributed by atoms with van der Waals surface area (Å²) in [6.07, 6.45) is 1.17. The molecule has 0 saturated carbocycles. The van der Waals surface area contributed by atoms with Crippen molar-refractivity contribution in [1.29, 1.82) is 0 Å². The zero-order valence-electron chi connectivity index (χ0n) is 17.2. The topological polar surface area (TPSA) is 67.9 Å². The third-order valence-electron chi connectivity index (χ3n) is 4.54. The average molecular weight is 396 g/mol. The van der Waals surface area contributed by atoms with E-state index in [2.05, 4.69) is 5.32 Å². The first-order valence-corrected chi connectivity index (χ1v) is 9.92. The quantitative estimate of drug-likeness (QED) is 0.784. The summed E-state index contributed by atoms with van der Waals surface area (Å²) in [7, 11) is 0. The standard InChI is InChI=1S/C23H28N2O4/c1-23(2,3)29-22(27)25-15-7-8-17(16-25)21(26)24-18-11-13-20(14-12-18)28-19-9-5-4-6-10-19/h4-6,9-14,17H,7-8,15-16H2,1-3H3,(H,24,26). The number of benzene rings is 2.